The molecule has 202 valence electrons. The van der Waals surface area contributed by atoms with Crippen LogP contribution in [0, 0.1) is 11.3 Å². The maximum absolute atomic E-state index is 11.6. The molecule has 10 heteroatoms. The van der Waals surface area contributed by atoms with E-state index in [4.69, 9.17) is 18.9 Å². The van der Waals surface area contributed by atoms with Gasteiger partial charge in [-0.15, -0.1) is 0 Å². The fourth-order valence-corrected chi connectivity index (χ4v) is 7.55. The average Bonchev–Trinajstić information content (AvgIpc) is 3.50. The van der Waals surface area contributed by atoms with Gasteiger partial charge in [-0.25, -0.2) is 9.97 Å². The smallest absolute Gasteiger partial charge is 0.221 e. The second kappa shape index (κ2) is 12.0. The molecule has 2 aromatic heterocycles. The van der Waals surface area contributed by atoms with Gasteiger partial charge in [0.05, 0.1) is 30.0 Å². The SMILES string of the molecule is CC(C)Oc1cc2c(OC[C@@H]3CCC(=O)N3)ncc(-c3nc(CO[SiH](C(C)C)C(C)C)c[nH]3)c2cc1C#N. The number of amides is 1. The zero-order valence-electron chi connectivity index (χ0n) is 23.0. The topological polar surface area (TPSA) is 122 Å². The van der Waals surface area contributed by atoms with Crippen molar-refractivity contribution in [2.45, 2.75) is 84.2 Å². The van der Waals surface area contributed by atoms with Crippen molar-refractivity contribution in [3.63, 3.8) is 0 Å². The van der Waals surface area contributed by atoms with Crippen LogP contribution in [-0.4, -0.2) is 48.7 Å². The molecule has 4 rings (SSSR count). The van der Waals surface area contributed by atoms with Crippen molar-refractivity contribution in [3.8, 4) is 29.1 Å². The van der Waals surface area contributed by atoms with Gasteiger partial charge >= 0.3 is 0 Å². The third kappa shape index (κ3) is 6.34. The molecule has 3 aromatic rings. The highest BCUT2D eigenvalue weighted by molar-refractivity contribution is 6.54. The summed E-state index contributed by atoms with van der Waals surface area (Å²) in [5, 5.41) is 14.3. The number of nitriles is 1. The summed E-state index contributed by atoms with van der Waals surface area (Å²) in [5.74, 6) is 1.57. The highest BCUT2D eigenvalue weighted by Crippen LogP contribution is 2.36. The first-order valence-electron chi connectivity index (χ1n) is 13.3. The van der Waals surface area contributed by atoms with Gasteiger partial charge in [-0.05, 0) is 43.5 Å². The number of nitrogens with zero attached hydrogens (tertiary/aromatic N) is 3. The van der Waals surface area contributed by atoms with E-state index < -0.39 is 9.04 Å². The monoisotopic (exact) mass is 535 g/mol. The summed E-state index contributed by atoms with van der Waals surface area (Å²) in [4.78, 5) is 24.3. The van der Waals surface area contributed by atoms with Gasteiger partial charge in [0.25, 0.3) is 0 Å². The lowest BCUT2D eigenvalue weighted by Gasteiger charge is -2.22. The van der Waals surface area contributed by atoms with Gasteiger partial charge < -0.3 is 24.2 Å². The molecule has 1 aliphatic rings. The number of H-pyrrole nitrogens is 1. The van der Waals surface area contributed by atoms with Crippen LogP contribution in [0.25, 0.3) is 22.2 Å². The Morgan fingerprint density at radius 1 is 1.16 bits per heavy atom. The number of aromatic amines is 1. The number of pyridine rings is 1. The summed E-state index contributed by atoms with van der Waals surface area (Å²) < 4.78 is 18.3. The molecule has 1 fully saturated rings. The molecule has 1 aromatic carbocycles. The predicted molar refractivity (Wildman–Crippen MR) is 149 cm³/mol. The number of hydrogen-bond acceptors (Lipinski definition) is 7. The summed E-state index contributed by atoms with van der Waals surface area (Å²) in [7, 11) is -1.37. The van der Waals surface area contributed by atoms with E-state index in [0.29, 0.717) is 59.1 Å². The molecule has 0 bridgehead atoms. The molecule has 3 heterocycles. The van der Waals surface area contributed by atoms with Crippen LogP contribution >= 0.6 is 0 Å². The van der Waals surface area contributed by atoms with E-state index in [1.807, 2.05) is 20.0 Å². The minimum atomic E-state index is -1.37. The molecule has 0 radical (unpaired) electrons. The van der Waals surface area contributed by atoms with Crippen LogP contribution in [0.4, 0.5) is 0 Å². The van der Waals surface area contributed by atoms with Crippen molar-refractivity contribution < 1.29 is 18.7 Å². The molecule has 0 unspecified atom stereocenters. The maximum atomic E-state index is 11.6. The first-order valence-corrected chi connectivity index (χ1v) is 15.1. The fraction of sp³-hybridized carbons (Fsp3) is 0.500. The molecule has 9 nitrogen and oxygen atoms in total. The van der Waals surface area contributed by atoms with Crippen LogP contribution in [0.5, 0.6) is 11.6 Å². The summed E-state index contributed by atoms with van der Waals surface area (Å²) >= 11 is 0. The normalized spacial score (nSPS) is 15.6. The largest absolute Gasteiger partial charge is 0.490 e. The minimum absolute atomic E-state index is 0.0337. The Labute approximate surface area is 225 Å². The van der Waals surface area contributed by atoms with Crippen LogP contribution in [-0.2, 0) is 15.8 Å². The first-order chi connectivity index (χ1) is 18.2. The van der Waals surface area contributed by atoms with Crippen molar-refractivity contribution in [1.82, 2.24) is 20.3 Å². The van der Waals surface area contributed by atoms with Crippen LogP contribution in [0.3, 0.4) is 0 Å². The van der Waals surface area contributed by atoms with Crippen molar-refractivity contribution in [3.05, 3.63) is 35.8 Å². The standard InChI is InChI=1S/C28H37N5O4Si/c1-16(2)37-25-10-23-22(9-19(25)11-29)24(13-31-28(23)35-14-20-7-8-26(34)32-20)27-30-12-21(33-27)15-36-38(17(3)4)18(5)6/h9-10,12-13,16-18,20,38H,7-8,14-15H2,1-6H3,(H,30,33)(H,32,34)/t20-/m0/s1. The summed E-state index contributed by atoms with van der Waals surface area (Å²) in [6, 6.07) is 5.80. The van der Waals surface area contributed by atoms with Gasteiger partial charge in [-0.2, -0.15) is 5.26 Å². The van der Waals surface area contributed by atoms with Crippen LogP contribution in [0.2, 0.25) is 11.1 Å². The van der Waals surface area contributed by atoms with Crippen LogP contribution in [0.15, 0.2) is 24.5 Å². The van der Waals surface area contributed by atoms with Gasteiger partial charge in [-0.1, -0.05) is 27.7 Å². The lowest BCUT2D eigenvalue weighted by Crippen LogP contribution is -2.31. The molecule has 2 N–H and O–H groups in total. The summed E-state index contributed by atoms with van der Waals surface area (Å²) in [6.45, 7) is 13.5. The van der Waals surface area contributed by atoms with E-state index in [9.17, 15) is 10.1 Å². The molecule has 1 atom stereocenters. The second-order valence-electron chi connectivity index (χ2n) is 10.8. The van der Waals surface area contributed by atoms with Gasteiger partial charge in [0.15, 0.2) is 9.04 Å². The van der Waals surface area contributed by atoms with Crippen LogP contribution < -0.4 is 14.8 Å². The number of imidazole rings is 1. The lowest BCUT2D eigenvalue weighted by atomic mass is 10.0. The average molecular weight is 536 g/mol. The number of aromatic nitrogens is 3. The van der Waals surface area contributed by atoms with Crippen molar-refractivity contribution in [2.75, 3.05) is 6.61 Å². The first kappa shape index (κ1) is 27.6. The highest BCUT2D eigenvalue weighted by Gasteiger charge is 2.24. The molecule has 0 spiro atoms. The maximum Gasteiger partial charge on any atom is 0.221 e. The minimum Gasteiger partial charge on any atom is -0.490 e. The Kier molecular flexibility index (Phi) is 8.69. The van der Waals surface area contributed by atoms with Gasteiger partial charge in [0.2, 0.25) is 11.8 Å². The van der Waals surface area contributed by atoms with Gasteiger partial charge in [-0.3, -0.25) is 4.79 Å². The lowest BCUT2D eigenvalue weighted by molar-refractivity contribution is -0.119. The second-order valence-corrected chi connectivity index (χ2v) is 14.7. The molecule has 1 saturated heterocycles. The highest BCUT2D eigenvalue weighted by atomic mass is 28.3. The van der Waals surface area contributed by atoms with E-state index in [-0.39, 0.29) is 18.1 Å². The van der Waals surface area contributed by atoms with E-state index in [2.05, 4.69) is 49.0 Å². The molecule has 0 aliphatic carbocycles. The zero-order valence-corrected chi connectivity index (χ0v) is 24.2. The van der Waals surface area contributed by atoms with E-state index >= 15 is 0 Å². The van der Waals surface area contributed by atoms with Crippen molar-refractivity contribution >= 4 is 25.7 Å². The zero-order chi connectivity index (χ0) is 27.4. The number of benzene rings is 1. The number of carbonyl (C=O) groups is 1. The Bertz CT molecular complexity index is 1320. The number of hydrogen-bond donors (Lipinski definition) is 2. The number of carbonyl (C=O) groups excluding carboxylic acids is 1. The summed E-state index contributed by atoms with van der Waals surface area (Å²) in [6.07, 6.45) is 4.69. The third-order valence-corrected chi connectivity index (χ3v) is 9.74. The Balaban J connectivity index is 1.68. The summed E-state index contributed by atoms with van der Waals surface area (Å²) in [5.41, 5.74) is 3.08. The predicted octanol–water partition coefficient (Wildman–Crippen LogP) is 5.00. The Morgan fingerprint density at radius 2 is 1.92 bits per heavy atom. The number of ether oxygens (including phenoxy) is 2. The number of rotatable bonds is 11. The van der Waals surface area contributed by atoms with Crippen LogP contribution in [0.1, 0.15) is 65.6 Å². The Hall–Kier alpha value is -3.42. The molecule has 1 aliphatic heterocycles. The van der Waals surface area contributed by atoms with Crippen molar-refractivity contribution in [2.24, 2.45) is 0 Å². The molecular weight excluding hydrogens is 498 g/mol. The molecule has 0 saturated carbocycles. The molecule has 1 amide bonds. The Morgan fingerprint density at radius 3 is 2.55 bits per heavy atom. The number of nitrogens with one attached hydrogen (secondary N) is 2. The third-order valence-electron chi connectivity index (χ3n) is 6.56. The van der Waals surface area contributed by atoms with E-state index in [1.54, 1.807) is 18.3 Å². The fourth-order valence-electron chi connectivity index (χ4n) is 4.87. The van der Waals surface area contributed by atoms with E-state index in [0.717, 1.165) is 23.1 Å². The van der Waals surface area contributed by atoms with Crippen molar-refractivity contribution in [1.29, 1.82) is 5.26 Å². The van der Waals surface area contributed by atoms with Gasteiger partial charge in [0, 0.05) is 35.2 Å². The number of fused-ring (bicyclic) bond motifs is 1. The van der Waals surface area contributed by atoms with Gasteiger partial charge in [0.1, 0.15) is 24.3 Å². The van der Waals surface area contributed by atoms with E-state index in [1.165, 1.54) is 0 Å². The quantitative estimate of drug-likeness (QED) is 0.331. The molecular formula is C28H37N5O4Si. The molecule has 38 heavy (non-hydrogen) atoms.